The van der Waals surface area contributed by atoms with Crippen LogP contribution in [0.4, 0.5) is 0 Å². The fourth-order valence-electron chi connectivity index (χ4n) is 2.50. The van der Waals surface area contributed by atoms with Crippen LogP contribution in [0.3, 0.4) is 0 Å². The number of carbonyl (C=O) groups is 1. The Morgan fingerprint density at radius 1 is 1.00 bits per heavy atom. The molecular formula is C18H16N2O2. The Morgan fingerprint density at radius 3 is 2.27 bits per heavy atom. The molecular weight excluding hydrogens is 276 g/mol. The van der Waals surface area contributed by atoms with E-state index in [0.29, 0.717) is 16.3 Å². The quantitative estimate of drug-likeness (QED) is 0.789. The smallest absolute Gasteiger partial charge is 0.262 e. The van der Waals surface area contributed by atoms with Crippen LogP contribution in [0.15, 0.2) is 59.5 Å². The van der Waals surface area contributed by atoms with E-state index in [-0.39, 0.29) is 11.5 Å². The van der Waals surface area contributed by atoms with Crippen LogP contribution in [0.1, 0.15) is 15.9 Å². The monoisotopic (exact) mass is 292 g/mol. The highest BCUT2D eigenvalue weighted by Gasteiger charge is 2.14. The molecule has 1 heterocycles. The number of nitrogens with zero attached hydrogens (tertiary/aromatic N) is 1. The second-order valence-corrected chi connectivity index (χ2v) is 5.18. The Morgan fingerprint density at radius 2 is 1.64 bits per heavy atom. The van der Waals surface area contributed by atoms with Gasteiger partial charge < -0.3 is 5.32 Å². The number of rotatable bonds is 2. The van der Waals surface area contributed by atoms with E-state index in [1.807, 2.05) is 37.3 Å². The topological polar surface area (TPSA) is 51.1 Å². The van der Waals surface area contributed by atoms with Gasteiger partial charge in [-0.15, -0.1) is 0 Å². The van der Waals surface area contributed by atoms with Gasteiger partial charge in [-0.1, -0.05) is 35.9 Å². The molecule has 110 valence electrons. The number of fused-ring (bicyclic) bond motifs is 1. The minimum atomic E-state index is -0.211. The fraction of sp³-hybridized carbons (Fsp3) is 0.111. The number of hydrogen-bond donors (Lipinski definition) is 1. The lowest BCUT2D eigenvalue weighted by molar-refractivity contribution is 0.0964. The Kier molecular flexibility index (Phi) is 3.51. The number of amides is 1. The molecule has 3 rings (SSSR count). The molecule has 0 fully saturated rings. The van der Waals surface area contributed by atoms with Crippen molar-refractivity contribution >= 4 is 16.7 Å². The van der Waals surface area contributed by atoms with Crippen LogP contribution in [0, 0.1) is 6.92 Å². The van der Waals surface area contributed by atoms with Gasteiger partial charge in [0.25, 0.3) is 11.5 Å². The summed E-state index contributed by atoms with van der Waals surface area (Å²) in [6.45, 7) is 1.99. The third-order valence-corrected chi connectivity index (χ3v) is 3.71. The third kappa shape index (κ3) is 2.29. The summed E-state index contributed by atoms with van der Waals surface area (Å²) >= 11 is 0. The summed E-state index contributed by atoms with van der Waals surface area (Å²) in [7, 11) is 1.58. The number of aryl methyl sites for hydroxylation is 1. The van der Waals surface area contributed by atoms with Crippen molar-refractivity contribution in [2.24, 2.45) is 0 Å². The highest BCUT2D eigenvalue weighted by molar-refractivity contribution is 6.06. The molecule has 0 aliphatic rings. The van der Waals surface area contributed by atoms with Crippen molar-refractivity contribution in [2.75, 3.05) is 7.05 Å². The van der Waals surface area contributed by atoms with Crippen molar-refractivity contribution < 1.29 is 4.79 Å². The van der Waals surface area contributed by atoms with E-state index in [1.54, 1.807) is 31.4 Å². The second kappa shape index (κ2) is 5.48. The zero-order valence-electron chi connectivity index (χ0n) is 12.5. The third-order valence-electron chi connectivity index (χ3n) is 3.71. The molecule has 22 heavy (non-hydrogen) atoms. The molecule has 1 amide bonds. The first-order chi connectivity index (χ1) is 10.6. The number of aromatic nitrogens is 1. The molecule has 4 heteroatoms. The standard InChI is InChI=1S/C18H16N2O2/c1-12-7-9-13(10-8-12)20-11-16(17(21)19-2)14-5-3-4-6-15(14)18(20)22/h3-11H,1-2H3,(H,19,21). The average molecular weight is 292 g/mol. The molecule has 0 spiro atoms. The van der Waals surface area contributed by atoms with Gasteiger partial charge in [-0.05, 0) is 25.1 Å². The highest BCUT2D eigenvalue weighted by Crippen LogP contribution is 2.17. The summed E-state index contributed by atoms with van der Waals surface area (Å²) in [6, 6.07) is 14.8. The second-order valence-electron chi connectivity index (χ2n) is 5.18. The number of pyridine rings is 1. The fourth-order valence-corrected chi connectivity index (χ4v) is 2.50. The predicted molar refractivity (Wildman–Crippen MR) is 87.7 cm³/mol. The zero-order chi connectivity index (χ0) is 15.7. The van der Waals surface area contributed by atoms with Crippen molar-refractivity contribution in [3.63, 3.8) is 0 Å². The Hall–Kier alpha value is -2.88. The lowest BCUT2D eigenvalue weighted by Crippen LogP contribution is -2.24. The van der Waals surface area contributed by atoms with Gasteiger partial charge in [0.1, 0.15) is 0 Å². The Balaban J connectivity index is 2.36. The van der Waals surface area contributed by atoms with Crippen molar-refractivity contribution in [2.45, 2.75) is 6.92 Å². The first-order valence-corrected chi connectivity index (χ1v) is 7.05. The first kappa shape index (κ1) is 14.1. The Labute approximate surface area is 128 Å². The lowest BCUT2D eigenvalue weighted by Gasteiger charge is -2.12. The first-order valence-electron chi connectivity index (χ1n) is 7.05. The van der Waals surface area contributed by atoms with Crippen molar-refractivity contribution in [3.8, 4) is 5.69 Å². The van der Waals surface area contributed by atoms with Gasteiger partial charge in [-0.25, -0.2) is 0 Å². The largest absolute Gasteiger partial charge is 0.355 e. The summed E-state index contributed by atoms with van der Waals surface area (Å²) in [5.74, 6) is -0.211. The molecule has 0 saturated carbocycles. The number of hydrogen-bond acceptors (Lipinski definition) is 2. The van der Waals surface area contributed by atoms with Gasteiger partial charge in [0.05, 0.1) is 5.56 Å². The van der Waals surface area contributed by atoms with E-state index in [2.05, 4.69) is 5.32 Å². The average Bonchev–Trinajstić information content (AvgIpc) is 2.56. The van der Waals surface area contributed by atoms with E-state index in [1.165, 1.54) is 4.57 Å². The highest BCUT2D eigenvalue weighted by atomic mass is 16.1. The van der Waals surface area contributed by atoms with Gasteiger partial charge in [0.15, 0.2) is 0 Å². The molecule has 0 saturated heterocycles. The number of carbonyl (C=O) groups excluding carboxylic acids is 1. The lowest BCUT2D eigenvalue weighted by atomic mass is 10.1. The summed E-state index contributed by atoms with van der Waals surface area (Å²) < 4.78 is 1.52. The van der Waals surface area contributed by atoms with Crippen molar-refractivity contribution in [3.05, 3.63) is 76.2 Å². The van der Waals surface area contributed by atoms with E-state index in [4.69, 9.17) is 0 Å². The van der Waals surface area contributed by atoms with Crippen molar-refractivity contribution in [1.29, 1.82) is 0 Å². The van der Waals surface area contributed by atoms with Gasteiger partial charge in [0, 0.05) is 29.7 Å². The van der Waals surface area contributed by atoms with E-state index in [0.717, 1.165) is 11.3 Å². The zero-order valence-corrected chi connectivity index (χ0v) is 12.5. The number of benzene rings is 2. The maximum absolute atomic E-state index is 12.7. The van der Waals surface area contributed by atoms with Crippen LogP contribution in [0.5, 0.6) is 0 Å². The minimum absolute atomic E-state index is 0.132. The molecule has 0 unspecified atom stereocenters. The van der Waals surface area contributed by atoms with Gasteiger partial charge in [-0.2, -0.15) is 0 Å². The van der Waals surface area contributed by atoms with Crippen LogP contribution in [0.25, 0.3) is 16.5 Å². The molecule has 3 aromatic rings. The van der Waals surface area contributed by atoms with Crippen LogP contribution >= 0.6 is 0 Å². The normalized spacial score (nSPS) is 10.6. The molecule has 0 atom stereocenters. The molecule has 1 aromatic heterocycles. The molecule has 0 radical (unpaired) electrons. The molecule has 2 aromatic carbocycles. The van der Waals surface area contributed by atoms with E-state index in [9.17, 15) is 9.59 Å². The maximum atomic E-state index is 12.7. The summed E-state index contributed by atoms with van der Waals surface area (Å²) in [5.41, 5.74) is 2.21. The molecule has 0 aliphatic carbocycles. The summed E-state index contributed by atoms with van der Waals surface area (Å²) in [5, 5.41) is 3.82. The molecule has 0 aliphatic heterocycles. The summed E-state index contributed by atoms with van der Waals surface area (Å²) in [6.07, 6.45) is 1.61. The van der Waals surface area contributed by atoms with Crippen LogP contribution in [-0.4, -0.2) is 17.5 Å². The SMILES string of the molecule is CNC(=O)c1cn(-c2ccc(C)cc2)c(=O)c2ccccc12. The predicted octanol–water partition coefficient (Wildman–Crippen LogP) is 2.66. The molecule has 0 bridgehead atoms. The van der Waals surface area contributed by atoms with Gasteiger partial charge in [-0.3, -0.25) is 14.2 Å². The van der Waals surface area contributed by atoms with Crippen molar-refractivity contribution in [1.82, 2.24) is 9.88 Å². The Bertz CT molecular complexity index is 909. The maximum Gasteiger partial charge on any atom is 0.262 e. The van der Waals surface area contributed by atoms with E-state index < -0.39 is 0 Å². The number of nitrogens with one attached hydrogen (secondary N) is 1. The van der Waals surface area contributed by atoms with Crippen LogP contribution < -0.4 is 10.9 Å². The molecule has 1 N–H and O–H groups in total. The van der Waals surface area contributed by atoms with E-state index >= 15 is 0 Å². The summed E-state index contributed by atoms with van der Waals surface area (Å²) in [4.78, 5) is 24.9. The van der Waals surface area contributed by atoms with Crippen LogP contribution in [0.2, 0.25) is 0 Å². The van der Waals surface area contributed by atoms with Crippen LogP contribution in [-0.2, 0) is 0 Å². The minimum Gasteiger partial charge on any atom is -0.355 e. The van der Waals surface area contributed by atoms with Gasteiger partial charge >= 0.3 is 0 Å². The van der Waals surface area contributed by atoms with Gasteiger partial charge in [0.2, 0.25) is 0 Å². The molecule has 4 nitrogen and oxygen atoms in total.